The van der Waals surface area contributed by atoms with Crippen LogP contribution in [0, 0.1) is 0 Å². The average Bonchev–Trinajstić information content (AvgIpc) is 2.37. The minimum absolute atomic E-state index is 0.221. The van der Waals surface area contributed by atoms with E-state index in [1.165, 1.54) is 11.8 Å². The molecular weight excluding hydrogens is 260 g/mol. The molecule has 108 valence electrons. The van der Waals surface area contributed by atoms with E-state index in [1.54, 1.807) is 0 Å². The van der Waals surface area contributed by atoms with Gasteiger partial charge in [0.2, 0.25) is 0 Å². The molecule has 0 aliphatic rings. The van der Waals surface area contributed by atoms with E-state index in [0.717, 1.165) is 13.0 Å². The van der Waals surface area contributed by atoms with Gasteiger partial charge < -0.3 is 10.2 Å². The quantitative estimate of drug-likeness (QED) is 0.782. The van der Waals surface area contributed by atoms with Gasteiger partial charge in [-0.2, -0.15) is 0 Å². The smallest absolute Gasteiger partial charge is 0.148 e. The SMILES string of the molecule is CNC(CCN(C)CCS(C)(=O)=O)c1ccccc1. The van der Waals surface area contributed by atoms with Gasteiger partial charge in [-0.3, -0.25) is 0 Å². The summed E-state index contributed by atoms with van der Waals surface area (Å²) < 4.78 is 22.2. The van der Waals surface area contributed by atoms with E-state index in [9.17, 15) is 8.42 Å². The first-order valence-corrected chi connectivity index (χ1v) is 8.57. The number of rotatable bonds is 8. The van der Waals surface area contributed by atoms with Crippen LogP contribution >= 0.6 is 0 Å². The lowest BCUT2D eigenvalue weighted by Gasteiger charge is -2.21. The number of hydrogen-bond donors (Lipinski definition) is 1. The second kappa shape index (κ2) is 7.62. The van der Waals surface area contributed by atoms with Gasteiger partial charge in [0.25, 0.3) is 0 Å². The molecule has 1 N–H and O–H groups in total. The van der Waals surface area contributed by atoms with Crippen LogP contribution in [0.2, 0.25) is 0 Å². The van der Waals surface area contributed by atoms with Crippen molar-refractivity contribution in [1.82, 2.24) is 10.2 Å². The third kappa shape index (κ3) is 6.71. The normalized spacial score (nSPS) is 13.7. The molecule has 1 unspecified atom stereocenters. The molecule has 0 aliphatic carbocycles. The summed E-state index contributed by atoms with van der Waals surface area (Å²) in [5, 5.41) is 3.30. The van der Waals surface area contributed by atoms with Crippen LogP contribution in [0.5, 0.6) is 0 Å². The van der Waals surface area contributed by atoms with Crippen molar-refractivity contribution in [3.8, 4) is 0 Å². The molecule has 4 nitrogen and oxygen atoms in total. The minimum atomic E-state index is -2.87. The van der Waals surface area contributed by atoms with Crippen molar-refractivity contribution in [2.75, 3.05) is 39.2 Å². The number of nitrogens with one attached hydrogen (secondary N) is 1. The summed E-state index contributed by atoms with van der Waals surface area (Å²) in [6.07, 6.45) is 2.24. The Morgan fingerprint density at radius 3 is 2.37 bits per heavy atom. The van der Waals surface area contributed by atoms with Crippen LogP contribution in [-0.2, 0) is 9.84 Å². The lowest BCUT2D eigenvalue weighted by atomic mass is 10.0. The molecule has 0 aromatic heterocycles. The van der Waals surface area contributed by atoms with Crippen molar-refractivity contribution < 1.29 is 8.42 Å². The minimum Gasteiger partial charge on any atom is -0.313 e. The molecule has 0 radical (unpaired) electrons. The zero-order valence-electron chi connectivity index (χ0n) is 12.0. The predicted octanol–water partition coefficient (Wildman–Crippen LogP) is 1.31. The molecule has 0 saturated carbocycles. The molecule has 1 rings (SSSR count). The van der Waals surface area contributed by atoms with Crippen LogP contribution in [0.4, 0.5) is 0 Å². The first-order valence-electron chi connectivity index (χ1n) is 6.51. The van der Waals surface area contributed by atoms with E-state index in [0.29, 0.717) is 12.6 Å². The van der Waals surface area contributed by atoms with Crippen molar-refractivity contribution >= 4 is 9.84 Å². The highest BCUT2D eigenvalue weighted by Gasteiger charge is 2.11. The highest BCUT2D eigenvalue weighted by atomic mass is 32.2. The molecule has 1 aromatic rings. The molecule has 0 fully saturated rings. The summed E-state index contributed by atoms with van der Waals surface area (Å²) in [5.74, 6) is 0.221. The Morgan fingerprint density at radius 2 is 1.84 bits per heavy atom. The lowest BCUT2D eigenvalue weighted by molar-refractivity contribution is 0.326. The summed E-state index contributed by atoms with van der Waals surface area (Å²) in [6.45, 7) is 1.46. The summed E-state index contributed by atoms with van der Waals surface area (Å²) in [5.41, 5.74) is 1.27. The Balaban J connectivity index is 2.41. The number of benzene rings is 1. The van der Waals surface area contributed by atoms with Gasteiger partial charge in [-0.25, -0.2) is 8.42 Å². The van der Waals surface area contributed by atoms with Gasteiger partial charge in [-0.05, 0) is 32.6 Å². The standard InChI is InChI=1S/C14H24N2O2S/c1-15-14(13-7-5-4-6-8-13)9-10-16(2)11-12-19(3,17)18/h4-8,14-15H,9-12H2,1-3H3. The van der Waals surface area contributed by atoms with E-state index in [4.69, 9.17) is 0 Å². The maximum Gasteiger partial charge on any atom is 0.148 e. The van der Waals surface area contributed by atoms with Gasteiger partial charge in [0.1, 0.15) is 9.84 Å². The number of hydrogen-bond acceptors (Lipinski definition) is 4. The first-order chi connectivity index (χ1) is 8.92. The molecule has 0 aliphatic heterocycles. The monoisotopic (exact) mass is 284 g/mol. The van der Waals surface area contributed by atoms with E-state index in [1.807, 2.05) is 32.3 Å². The third-order valence-corrected chi connectivity index (χ3v) is 4.12. The lowest BCUT2D eigenvalue weighted by Crippen LogP contribution is -2.29. The topological polar surface area (TPSA) is 49.4 Å². The Hall–Kier alpha value is -0.910. The van der Waals surface area contributed by atoms with Crippen LogP contribution in [0.1, 0.15) is 18.0 Å². The van der Waals surface area contributed by atoms with Gasteiger partial charge in [0.15, 0.2) is 0 Å². The largest absolute Gasteiger partial charge is 0.313 e. The van der Waals surface area contributed by atoms with E-state index >= 15 is 0 Å². The maximum atomic E-state index is 11.1. The van der Waals surface area contributed by atoms with Crippen LogP contribution in [-0.4, -0.2) is 52.5 Å². The van der Waals surface area contributed by atoms with Crippen molar-refractivity contribution in [2.45, 2.75) is 12.5 Å². The van der Waals surface area contributed by atoms with Crippen molar-refractivity contribution in [3.63, 3.8) is 0 Å². The highest BCUT2D eigenvalue weighted by molar-refractivity contribution is 7.90. The number of nitrogens with zero attached hydrogens (tertiary/aromatic N) is 1. The van der Waals surface area contributed by atoms with Crippen molar-refractivity contribution in [3.05, 3.63) is 35.9 Å². The molecule has 0 saturated heterocycles. The average molecular weight is 284 g/mol. The highest BCUT2D eigenvalue weighted by Crippen LogP contribution is 2.15. The Morgan fingerprint density at radius 1 is 1.21 bits per heavy atom. The van der Waals surface area contributed by atoms with Crippen molar-refractivity contribution in [1.29, 1.82) is 0 Å². The third-order valence-electron chi connectivity index (χ3n) is 3.19. The summed E-state index contributed by atoms with van der Waals surface area (Å²) >= 11 is 0. The summed E-state index contributed by atoms with van der Waals surface area (Å²) in [4.78, 5) is 2.06. The second-order valence-corrected chi connectivity index (χ2v) is 7.23. The summed E-state index contributed by atoms with van der Waals surface area (Å²) in [7, 11) is 1.04. The zero-order valence-corrected chi connectivity index (χ0v) is 12.8. The molecule has 5 heteroatoms. The van der Waals surface area contributed by atoms with Gasteiger partial charge >= 0.3 is 0 Å². The van der Waals surface area contributed by atoms with Gasteiger partial charge in [-0.1, -0.05) is 30.3 Å². The Labute approximate surface area is 116 Å². The second-order valence-electron chi connectivity index (χ2n) is 4.97. The van der Waals surface area contributed by atoms with Gasteiger partial charge in [0, 0.05) is 18.8 Å². The fraction of sp³-hybridized carbons (Fsp3) is 0.571. The van der Waals surface area contributed by atoms with E-state index in [-0.39, 0.29) is 5.75 Å². The maximum absolute atomic E-state index is 11.1. The van der Waals surface area contributed by atoms with Crippen LogP contribution in [0.25, 0.3) is 0 Å². The van der Waals surface area contributed by atoms with Crippen LogP contribution < -0.4 is 5.32 Å². The van der Waals surface area contributed by atoms with Crippen molar-refractivity contribution in [2.24, 2.45) is 0 Å². The molecule has 19 heavy (non-hydrogen) atoms. The van der Waals surface area contributed by atoms with Crippen LogP contribution in [0.15, 0.2) is 30.3 Å². The Bertz CT molecular complexity index is 460. The van der Waals surface area contributed by atoms with E-state index < -0.39 is 9.84 Å². The number of sulfone groups is 1. The van der Waals surface area contributed by atoms with Gasteiger partial charge in [0.05, 0.1) is 5.75 Å². The zero-order chi connectivity index (χ0) is 14.3. The molecule has 1 atom stereocenters. The fourth-order valence-corrected chi connectivity index (χ4v) is 2.59. The first kappa shape index (κ1) is 16.1. The van der Waals surface area contributed by atoms with E-state index in [2.05, 4.69) is 22.3 Å². The molecular formula is C14H24N2O2S. The van der Waals surface area contributed by atoms with Gasteiger partial charge in [-0.15, -0.1) is 0 Å². The molecule has 1 aromatic carbocycles. The molecule has 0 bridgehead atoms. The summed E-state index contributed by atoms with van der Waals surface area (Å²) in [6, 6.07) is 10.6. The molecule has 0 spiro atoms. The Kier molecular flexibility index (Phi) is 6.48. The fourth-order valence-electron chi connectivity index (χ4n) is 1.95. The molecule has 0 amide bonds. The molecule has 0 heterocycles. The van der Waals surface area contributed by atoms with Crippen LogP contribution in [0.3, 0.4) is 0 Å². The predicted molar refractivity (Wildman–Crippen MR) is 80.1 cm³/mol.